The number of methoxy groups -OCH3 is 1. The summed E-state index contributed by atoms with van der Waals surface area (Å²) in [4.78, 5) is 55.6. The number of aromatic amines is 1. The van der Waals surface area contributed by atoms with Crippen molar-refractivity contribution in [1.82, 2.24) is 34.8 Å². The van der Waals surface area contributed by atoms with E-state index in [1.165, 1.54) is 23.3 Å². The van der Waals surface area contributed by atoms with Gasteiger partial charge in [-0.25, -0.2) is 9.18 Å². The van der Waals surface area contributed by atoms with Crippen molar-refractivity contribution in [1.29, 1.82) is 0 Å². The van der Waals surface area contributed by atoms with Gasteiger partial charge in [0, 0.05) is 87.7 Å². The average Bonchev–Trinajstić information content (AvgIpc) is 3.66. The third-order valence-corrected chi connectivity index (χ3v) is 11.0. The van der Waals surface area contributed by atoms with Crippen LogP contribution < -0.4 is 20.9 Å². The van der Waals surface area contributed by atoms with Gasteiger partial charge in [0.05, 0.1) is 13.3 Å². The Balaban J connectivity index is 0.905. The Morgan fingerprint density at radius 2 is 1.77 bits per heavy atom. The number of piperidine rings is 3. The van der Waals surface area contributed by atoms with Gasteiger partial charge in [-0.15, -0.1) is 0 Å². The van der Waals surface area contributed by atoms with Gasteiger partial charge < -0.3 is 24.4 Å². The van der Waals surface area contributed by atoms with Gasteiger partial charge in [-0.1, -0.05) is 12.1 Å². The number of amides is 4. The molecule has 0 radical (unpaired) electrons. The standard InChI is InChI=1S/C38H45FN8O5/c1-44-21-29(28-20-40-43-35(28)37(44)50)25-18-31(39)30(33(19-25)52-3)22-46-14-12-27(13-15-46)45(2)38(51)47-16-10-24(11-17-47)23-4-6-26(7-5-23)41-32-8-9-34(48)42-36(32)49/h4-7,18-21,24,27,32,41H,8-17,22H2,1-3H3,(H,40,43)(H,42,48,49). The molecule has 3 fully saturated rings. The molecule has 0 bridgehead atoms. The van der Waals surface area contributed by atoms with Crippen LogP contribution in [0.4, 0.5) is 14.9 Å². The van der Waals surface area contributed by atoms with Gasteiger partial charge in [-0.2, -0.15) is 5.10 Å². The van der Waals surface area contributed by atoms with Crippen LogP contribution in [0, 0.1) is 5.82 Å². The summed E-state index contributed by atoms with van der Waals surface area (Å²) >= 11 is 0. The lowest BCUT2D eigenvalue weighted by Gasteiger charge is -2.40. The summed E-state index contributed by atoms with van der Waals surface area (Å²) in [5.74, 6) is -0.104. The average molecular weight is 713 g/mol. The number of urea groups is 1. The van der Waals surface area contributed by atoms with Crippen LogP contribution in [0.3, 0.4) is 0 Å². The van der Waals surface area contributed by atoms with Crippen molar-refractivity contribution in [3.05, 3.63) is 76.1 Å². The maximum Gasteiger partial charge on any atom is 0.319 e. The summed E-state index contributed by atoms with van der Waals surface area (Å²) in [5, 5.41) is 13.0. The number of pyridine rings is 1. The number of carbonyl (C=O) groups is 3. The Hall–Kier alpha value is -5.24. The molecular weight excluding hydrogens is 667 g/mol. The molecule has 3 saturated heterocycles. The Morgan fingerprint density at radius 3 is 2.46 bits per heavy atom. The zero-order valence-corrected chi connectivity index (χ0v) is 29.8. The molecule has 0 saturated carbocycles. The van der Waals surface area contributed by atoms with Crippen molar-refractivity contribution >= 4 is 34.4 Å². The van der Waals surface area contributed by atoms with E-state index in [1.54, 1.807) is 19.4 Å². The smallest absolute Gasteiger partial charge is 0.319 e. The number of benzene rings is 2. The van der Waals surface area contributed by atoms with Crippen molar-refractivity contribution in [2.45, 2.75) is 63.1 Å². The first-order chi connectivity index (χ1) is 25.1. The first kappa shape index (κ1) is 35.2. The molecule has 2 aromatic heterocycles. The maximum absolute atomic E-state index is 15.7. The Morgan fingerprint density at radius 1 is 1.04 bits per heavy atom. The van der Waals surface area contributed by atoms with Gasteiger partial charge in [0.1, 0.15) is 23.1 Å². The second-order valence-corrected chi connectivity index (χ2v) is 14.2. The molecule has 52 heavy (non-hydrogen) atoms. The lowest BCUT2D eigenvalue weighted by molar-refractivity contribution is -0.133. The predicted molar refractivity (Wildman–Crippen MR) is 195 cm³/mol. The SMILES string of the molecule is COc1cc(-c2cn(C)c(=O)c3[nH]ncc23)cc(F)c1CN1CCC(N(C)C(=O)N2CCC(c3ccc(NC4CCC(=O)NC4=O)cc3)CC2)CC1. The van der Waals surface area contributed by atoms with Crippen molar-refractivity contribution < 1.29 is 23.5 Å². The number of aryl methyl sites for hydroxylation is 1. The molecule has 0 aliphatic carbocycles. The van der Waals surface area contributed by atoms with Gasteiger partial charge >= 0.3 is 6.03 Å². The second kappa shape index (κ2) is 14.8. The zero-order chi connectivity index (χ0) is 36.5. The summed E-state index contributed by atoms with van der Waals surface area (Å²) in [6.45, 7) is 3.20. The quantitative estimate of drug-likeness (QED) is 0.231. The number of ether oxygens (including phenoxy) is 1. The Kier molecular flexibility index (Phi) is 10.00. The number of carbonyl (C=O) groups excluding carboxylic acids is 3. The van der Waals surface area contributed by atoms with E-state index in [4.69, 9.17) is 4.74 Å². The monoisotopic (exact) mass is 712 g/mol. The molecule has 3 N–H and O–H groups in total. The second-order valence-electron chi connectivity index (χ2n) is 14.2. The number of nitrogens with zero attached hydrogens (tertiary/aromatic N) is 5. The van der Waals surface area contributed by atoms with E-state index in [9.17, 15) is 19.2 Å². The van der Waals surface area contributed by atoms with Crippen LogP contribution in [0.15, 0.2) is 53.6 Å². The fourth-order valence-corrected chi connectivity index (χ4v) is 7.84. The highest BCUT2D eigenvalue weighted by Crippen LogP contribution is 2.34. The predicted octanol–water partition coefficient (Wildman–Crippen LogP) is 4.19. The number of rotatable bonds is 8. The number of nitrogens with one attached hydrogen (secondary N) is 3. The van der Waals surface area contributed by atoms with Gasteiger partial charge in [0.2, 0.25) is 11.8 Å². The summed E-state index contributed by atoms with van der Waals surface area (Å²) in [5.41, 5.74) is 3.97. The molecule has 7 rings (SSSR count). The van der Waals surface area contributed by atoms with Gasteiger partial charge in [-0.3, -0.25) is 29.7 Å². The molecule has 1 atom stereocenters. The third-order valence-electron chi connectivity index (χ3n) is 11.0. The molecule has 13 nitrogen and oxygen atoms in total. The number of H-pyrrole nitrogens is 1. The normalized spacial score (nSPS) is 19.2. The van der Waals surface area contributed by atoms with Gasteiger partial charge in [-0.05, 0) is 73.4 Å². The largest absolute Gasteiger partial charge is 0.496 e. The molecule has 4 aromatic rings. The minimum atomic E-state index is -0.415. The van der Waals surface area contributed by atoms with Gasteiger partial charge in [0.25, 0.3) is 5.56 Å². The van der Waals surface area contributed by atoms with E-state index in [-0.39, 0.29) is 35.3 Å². The highest BCUT2D eigenvalue weighted by atomic mass is 19.1. The number of hydrogen-bond donors (Lipinski definition) is 3. The fourth-order valence-electron chi connectivity index (χ4n) is 7.84. The maximum atomic E-state index is 15.7. The number of anilines is 1. The minimum Gasteiger partial charge on any atom is -0.496 e. The Bertz CT molecular complexity index is 2030. The van der Waals surface area contributed by atoms with Crippen molar-refractivity contribution in [3.63, 3.8) is 0 Å². The molecule has 14 heteroatoms. The topological polar surface area (TPSA) is 145 Å². The number of likely N-dealkylation sites (tertiary alicyclic amines) is 2. The molecule has 3 aliphatic rings. The molecular formula is C38H45FN8O5. The highest BCUT2D eigenvalue weighted by molar-refractivity contribution is 6.01. The molecule has 0 spiro atoms. The first-order valence-corrected chi connectivity index (χ1v) is 17.9. The molecule has 4 amide bonds. The summed E-state index contributed by atoms with van der Waals surface area (Å²) in [7, 11) is 5.08. The number of aromatic nitrogens is 3. The molecule has 1 unspecified atom stereocenters. The number of imide groups is 1. The first-order valence-electron chi connectivity index (χ1n) is 17.9. The molecule has 5 heterocycles. The van der Waals surface area contributed by atoms with Crippen LogP contribution in [0.5, 0.6) is 5.75 Å². The van der Waals surface area contributed by atoms with Gasteiger partial charge in [0.15, 0.2) is 0 Å². The number of fused-ring (bicyclic) bond motifs is 1. The van der Waals surface area contributed by atoms with E-state index in [0.29, 0.717) is 71.7 Å². The van der Waals surface area contributed by atoms with Crippen LogP contribution in [-0.2, 0) is 23.2 Å². The van der Waals surface area contributed by atoms with E-state index in [1.807, 2.05) is 35.0 Å². The van der Waals surface area contributed by atoms with Crippen molar-refractivity contribution in [2.75, 3.05) is 45.7 Å². The number of hydrogen-bond acceptors (Lipinski definition) is 8. The van der Waals surface area contributed by atoms with Crippen LogP contribution >= 0.6 is 0 Å². The van der Waals surface area contributed by atoms with Crippen LogP contribution in [0.1, 0.15) is 55.6 Å². The summed E-state index contributed by atoms with van der Waals surface area (Å²) in [6.07, 6.45) is 7.40. The Labute approximate surface area is 301 Å². The van der Waals surface area contributed by atoms with Crippen LogP contribution in [0.25, 0.3) is 22.0 Å². The third kappa shape index (κ3) is 7.11. The lowest BCUT2D eigenvalue weighted by Crippen LogP contribution is -2.51. The summed E-state index contributed by atoms with van der Waals surface area (Å²) in [6, 6.07) is 11.1. The van der Waals surface area contributed by atoms with E-state index < -0.39 is 6.04 Å². The molecule has 3 aliphatic heterocycles. The zero-order valence-electron chi connectivity index (χ0n) is 29.8. The van der Waals surface area contributed by atoms with E-state index in [0.717, 1.165) is 44.5 Å². The summed E-state index contributed by atoms with van der Waals surface area (Å²) < 4.78 is 22.9. The van der Waals surface area contributed by atoms with Crippen molar-refractivity contribution in [2.24, 2.45) is 7.05 Å². The number of halogens is 1. The minimum absolute atomic E-state index is 0.0501. The van der Waals surface area contributed by atoms with E-state index >= 15 is 4.39 Å². The van der Waals surface area contributed by atoms with Crippen molar-refractivity contribution in [3.8, 4) is 16.9 Å². The lowest BCUT2D eigenvalue weighted by atomic mass is 9.89. The molecule has 2 aromatic carbocycles. The van der Waals surface area contributed by atoms with Crippen LogP contribution in [0.2, 0.25) is 0 Å². The molecule has 274 valence electrons. The van der Waals surface area contributed by atoms with E-state index in [2.05, 4.69) is 37.9 Å². The highest BCUT2D eigenvalue weighted by Gasteiger charge is 2.32. The fraction of sp³-hybridized carbons (Fsp3) is 0.447. The van der Waals surface area contributed by atoms with Crippen LogP contribution in [-0.4, -0.2) is 99.7 Å².